The van der Waals surface area contributed by atoms with Crippen LogP contribution < -0.4 is 5.32 Å². The predicted octanol–water partition coefficient (Wildman–Crippen LogP) is 3.71. The van der Waals surface area contributed by atoms with E-state index in [1.165, 1.54) is 0 Å². The van der Waals surface area contributed by atoms with E-state index in [1.54, 1.807) is 12.3 Å². The van der Waals surface area contributed by atoms with Crippen LogP contribution >= 0.6 is 15.9 Å². The number of aromatic nitrogens is 1. The monoisotopic (exact) mass is 304 g/mol. The molecule has 1 heterocycles. The lowest BCUT2D eigenvalue weighted by Gasteiger charge is -2.09. The summed E-state index contributed by atoms with van der Waals surface area (Å²) in [6, 6.07) is 9.22. The highest BCUT2D eigenvalue weighted by molar-refractivity contribution is 9.10. The molecule has 3 nitrogen and oxygen atoms in total. The molecule has 0 bridgehead atoms. The molecule has 0 saturated carbocycles. The number of hydrogen-bond acceptors (Lipinski definition) is 2. The number of amides is 1. The van der Waals surface area contributed by atoms with Crippen molar-refractivity contribution in [2.24, 2.45) is 0 Å². The van der Waals surface area contributed by atoms with Crippen LogP contribution in [0, 0.1) is 13.8 Å². The fourth-order valence-electron chi connectivity index (χ4n) is 1.62. The van der Waals surface area contributed by atoms with Gasteiger partial charge in [-0.3, -0.25) is 9.78 Å². The maximum atomic E-state index is 12.1. The van der Waals surface area contributed by atoms with Gasteiger partial charge in [0, 0.05) is 27.6 Å². The standard InChI is InChI=1S/C14H13BrN2O/c1-9-10(2)16-8-7-13(9)14(18)17-12-5-3-11(15)4-6-12/h3-8H,1-2H3,(H,17,18). The van der Waals surface area contributed by atoms with Crippen LogP contribution in [0.4, 0.5) is 5.69 Å². The highest BCUT2D eigenvalue weighted by Crippen LogP contribution is 2.16. The summed E-state index contributed by atoms with van der Waals surface area (Å²) in [6.45, 7) is 3.80. The first-order chi connectivity index (χ1) is 8.58. The topological polar surface area (TPSA) is 42.0 Å². The second-order valence-electron chi connectivity index (χ2n) is 4.03. The summed E-state index contributed by atoms with van der Waals surface area (Å²) in [5.74, 6) is -0.111. The molecule has 1 N–H and O–H groups in total. The molecule has 0 saturated heterocycles. The van der Waals surface area contributed by atoms with Crippen LogP contribution in [0.3, 0.4) is 0 Å². The Morgan fingerprint density at radius 2 is 1.83 bits per heavy atom. The lowest BCUT2D eigenvalue weighted by atomic mass is 10.1. The van der Waals surface area contributed by atoms with Gasteiger partial charge in [0.1, 0.15) is 0 Å². The average molecular weight is 305 g/mol. The van der Waals surface area contributed by atoms with Crippen molar-refractivity contribution >= 4 is 27.5 Å². The number of pyridine rings is 1. The summed E-state index contributed by atoms with van der Waals surface area (Å²) in [5, 5.41) is 2.87. The summed E-state index contributed by atoms with van der Waals surface area (Å²) in [7, 11) is 0. The molecule has 0 unspecified atom stereocenters. The Morgan fingerprint density at radius 1 is 1.17 bits per heavy atom. The number of rotatable bonds is 2. The van der Waals surface area contributed by atoms with E-state index < -0.39 is 0 Å². The number of benzene rings is 1. The molecule has 18 heavy (non-hydrogen) atoms. The minimum atomic E-state index is -0.111. The zero-order valence-corrected chi connectivity index (χ0v) is 11.8. The SMILES string of the molecule is Cc1nccc(C(=O)Nc2ccc(Br)cc2)c1C. The maximum absolute atomic E-state index is 12.1. The van der Waals surface area contributed by atoms with Crippen molar-refractivity contribution in [1.82, 2.24) is 4.98 Å². The maximum Gasteiger partial charge on any atom is 0.256 e. The van der Waals surface area contributed by atoms with E-state index in [9.17, 15) is 4.79 Å². The van der Waals surface area contributed by atoms with Crippen LogP contribution in [0.1, 0.15) is 21.6 Å². The molecule has 1 aromatic carbocycles. The largest absolute Gasteiger partial charge is 0.322 e. The Bertz CT molecular complexity index is 579. The van der Waals surface area contributed by atoms with Gasteiger partial charge in [-0.25, -0.2) is 0 Å². The number of hydrogen-bond donors (Lipinski definition) is 1. The third-order valence-corrected chi connectivity index (χ3v) is 3.33. The summed E-state index contributed by atoms with van der Waals surface area (Å²) >= 11 is 3.36. The van der Waals surface area contributed by atoms with Gasteiger partial charge in [-0.15, -0.1) is 0 Å². The number of aryl methyl sites for hydroxylation is 1. The van der Waals surface area contributed by atoms with Crippen molar-refractivity contribution < 1.29 is 4.79 Å². The molecule has 2 rings (SSSR count). The molecule has 0 radical (unpaired) electrons. The van der Waals surface area contributed by atoms with E-state index in [1.807, 2.05) is 38.1 Å². The first-order valence-corrected chi connectivity index (χ1v) is 6.36. The predicted molar refractivity (Wildman–Crippen MR) is 75.8 cm³/mol. The molecule has 0 aliphatic carbocycles. The Labute approximate surface area is 114 Å². The van der Waals surface area contributed by atoms with E-state index in [4.69, 9.17) is 0 Å². The molecule has 4 heteroatoms. The Balaban J connectivity index is 2.22. The number of anilines is 1. The third-order valence-electron chi connectivity index (χ3n) is 2.80. The zero-order valence-electron chi connectivity index (χ0n) is 10.2. The molecule has 0 aliphatic heterocycles. The number of carbonyl (C=O) groups is 1. The fraction of sp³-hybridized carbons (Fsp3) is 0.143. The molecule has 1 amide bonds. The molecule has 0 spiro atoms. The highest BCUT2D eigenvalue weighted by Gasteiger charge is 2.10. The minimum absolute atomic E-state index is 0.111. The average Bonchev–Trinajstić information content (AvgIpc) is 2.35. The van der Waals surface area contributed by atoms with Gasteiger partial charge >= 0.3 is 0 Å². The lowest BCUT2D eigenvalue weighted by molar-refractivity contribution is 0.102. The van der Waals surface area contributed by atoms with Crippen LogP contribution in [-0.2, 0) is 0 Å². The van der Waals surface area contributed by atoms with Gasteiger partial charge in [-0.2, -0.15) is 0 Å². The lowest BCUT2D eigenvalue weighted by Crippen LogP contribution is -2.14. The normalized spacial score (nSPS) is 10.2. The second-order valence-corrected chi connectivity index (χ2v) is 4.95. The molecular formula is C14H13BrN2O. The number of nitrogens with one attached hydrogen (secondary N) is 1. The van der Waals surface area contributed by atoms with Gasteiger partial charge in [-0.05, 0) is 49.7 Å². The third kappa shape index (κ3) is 2.76. The fourth-order valence-corrected chi connectivity index (χ4v) is 1.88. The Kier molecular flexibility index (Phi) is 3.77. The van der Waals surface area contributed by atoms with Crippen molar-refractivity contribution in [2.45, 2.75) is 13.8 Å². The van der Waals surface area contributed by atoms with E-state index in [-0.39, 0.29) is 5.91 Å². The van der Waals surface area contributed by atoms with Crippen molar-refractivity contribution in [1.29, 1.82) is 0 Å². The molecule has 92 valence electrons. The molecule has 0 fully saturated rings. The van der Waals surface area contributed by atoms with E-state index in [0.717, 1.165) is 21.4 Å². The molecular weight excluding hydrogens is 292 g/mol. The zero-order chi connectivity index (χ0) is 13.1. The summed E-state index contributed by atoms with van der Waals surface area (Å²) in [4.78, 5) is 16.3. The molecule has 2 aromatic rings. The van der Waals surface area contributed by atoms with Crippen molar-refractivity contribution in [3.63, 3.8) is 0 Å². The highest BCUT2D eigenvalue weighted by atomic mass is 79.9. The summed E-state index contributed by atoms with van der Waals surface area (Å²) in [5.41, 5.74) is 3.22. The van der Waals surface area contributed by atoms with Gasteiger partial charge in [0.05, 0.1) is 0 Å². The van der Waals surface area contributed by atoms with Gasteiger partial charge in [0.25, 0.3) is 5.91 Å². The smallest absolute Gasteiger partial charge is 0.256 e. The number of halogens is 1. The van der Waals surface area contributed by atoms with Crippen molar-refractivity contribution in [3.05, 3.63) is 57.8 Å². The first kappa shape index (κ1) is 12.8. The first-order valence-electron chi connectivity index (χ1n) is 5.57. The van der Waals surface area contributed by atoms with Gasteiger partial charge in [0.15, 0.2) is 0 Å². The summed E-state index contributed by atoms with van der Waals surface area (Å²) in [6.07, 6.45) is 1.65. The number of nitrogens with zero attached hydrogens (tertiary/aromatic N) is 1. The Morgan fingerprint density at radius 3 is 2.50 bits per heavy atom. The van der Waals surface area contributed by atoms with Crippen LogP contribution in [-0.4, -0.2) is 10.9 Å². The van der Waals surface area contributed by atoms with Crippen LogP contribution in [0.15, 0.2) is 41.0 Å². The molecule has 0 atom stereocenters. The van der Waals surface area contributed by atoms with Gasteiger partial charge in [-0.1, -0.05) is 15.9 Å². The molecule has 1 aromatic heterocycles. The van der Waals surface area contributed by atoms with Crippen LogP contribution in [0.5, 0.6) is 0 Å². The van der Waals surface area contributed by atoms with E-state index in [2.05, 4.69) is 26.2 Å². The number of carbonyl (C=O) groups excluding carboxylic acids is 1. The molecule has 0 aliphatic rings. The Hall–Kier alpha value is -1.68. The van der Waals surface area contributed by atoms with E-state index >= 15 is 0 Å². The quantitative estimate of drug-likeness (QED) is 0.919. The van der Waals surface area contributed by atoms with E-state index in [0.29, 0.717) is 5.56 Å². The summed E-state index contributed by atoms with van der Waals surface area (Å²) < 4.78 is 0.983. The van der Waals surface area contributed by atoms with Gasteiger partial charge in [0.2, 0.25) is 0 Å². The van der Waals surface area contributed by atoms with Crippen molar-refractivity contribution in [3.8, 4) is 0 Å². The van der Waals surface area contributed by atoms with Crippen LogP contribution in [0.25, 0.3) is 0 Å². The van der Waals surface area contributed by atoms with Gasteiger partial charge < -0.3 is 5.32 Å². The second kappa shape index (κ2) is 5.31. The van der Waals surface area contributed by atoms with Crippen LogP contribution in [0.2, 0.25) is 0 Å². The van der Waals surface area contributed by atoms with Crippen molar-refractivity contribution in [2.75, 3.05) is 5.32 Å². The minimum Gasteiger partial charge on any atom is -0.322 e.